The van der Waals surface area contributed by atoms with Crippen LogP contribution >= 0.6 is 0 Å². The molecule has 0 radical (unpaired) electrons. The molecule has 1 fully saturated rings. The molecule has 5 nitrogen and oxygen atoms in total. The Morgan fingerprint density at radius 3 is 2.71 bits per heavy atom. The minimum absolute atomic E-state index is 0.159. The van der Waals surface area contributed by atoms with Gasteiger partial charge in [-0.1, -0.05) is 42.5 Å². The molecule has 24 heavy (non-hydrogen) atoms. The molecule has 1 aliphatic rings. The van der Waals surface area contributed by atoms with Crippen molar-refractivity contribution >= 4 is 12.0 Å². The molecule has 1 aromatic rings. The first-order valence-electron chi connectivity index (χ1n) is 8.03. The minimum Gasteiger partial charge on any atom is -0.447 e. The number of hydrogen-bond acceptors (Lipinski definition) is 4. The van der Waals surface area contributed by atoms with Crippen LogP contribution in [-0.4, -0.2) is 40.8 Å². The molecule has 5 heteroatoms. The lowest BCUT2D eigenvalue weighted by Crippen LogP contribution is -2.46. The zero-order valence-corrected chi connectivity index (χ0v) is 13.6. The van der Waals surface area contributed by atoms with Gasteiger partial charge in [0.25, 0.3) is 0 Å². The van der Waals surface area contributed by atoms with Crippen molar-refractivity contribution in [1.29, 1.82) is 0 Å². The van der Waals surface area contributed by atoms with E-state index in [4.69, 9.17) is 4.74 Å². The van der Waals surface area contributed by atoms with Gasteiger partial charge in [0.15, 0.2) is 0 Å². The van der Waals surface area contributed by atoms with Gasteiger partial charge >= 0.3 is 6.09 Å². The maximum absolute atomic E-state index is 12.8. The predicted molar refractivity (Wildman–Crippen MR) is 91.3 cm³/mol. The number of imide groups is 1. The minimum atomic E-state index is -0.904. The number of ether oxygens (including phenoxy) is 1. The van der Waals surface area contributed by atoms with Crippen LogP contribution in [0.5, 0.6) is 0 Å². The Morgan fingerprint density at radius 1 is 1.38 bits per heavy atom. The van der Waals surface area contributed by atoms with Crippen molar-refractivity contribution in [3.05, 3.63) is 61.2 Å². The van der Waals surface area contributed by atoms with Crippen molar-refractivity contribution in [1.82, 2.24) is 4.90 Å². The van der Waals surface area contributed by atoms with Gasteiger partial charge in [0.1, 0.15) is 6.61 Å². The Kier molecular flexibility index (Phi) is 6.32. The first kappa shape index (κ1) is 17.9. The van der Waals surface area contributed by atoms with Gasteiger partial charge < -0.3 is 9.84 Å². The number of aliphatic hydroxyl groups excluding tert-OH is 1. The summed E-state index contributed by atoms with van der Waals surface area (Å²) in [5.41, 5.74) is 1.01. The summed E-state index contributed by atoms with van der Waals surface area (Å²) < 4.78 is 5.06. The number of hydrogen-bond donors (Lipinski definition) is 1. The van der Waals surface area contributed by atoms with E-state index in [1.165, 1.54) is 6.08 Å². The number of amides is 2. The maximum atomic E-state index is 12.8. The van der Waals surface area contributed by atoms with E-state index in [2.05, 4.69) is 13.2 Å². The first-order valence-corrected chi connectivity index (χ1v) is 8.03. The molecule has 0 unspecified atom stereocenters. The monoisotopic (exact) mass is 329 g/mol. The normalized spacial score (nSPS) is 19.5. The Balaban J connectivity index is 2.12. The van der Waals surface area contributed by atoms with Crippen LogP contribution in [-0.2, 0) is 16.0 Å². The molecule has 1 aliphatic heterocycles. The molecule has 3 atom stereocenters. The quantitative estimate of drug-likeness (QED) is 0.745. The summed E-state index contributed by atoms with van der Waals surface area (Å²) in [6, 6.07) is 9.23. The zero-order valence-electron chi connectivity index (χ0n) is 13.6. The number of benzene rings is 1. The highest BCUT2D eigenvalue weighted by Gasteiger charge is 2.41. The van der Waals surface area contributed by atoms with E-state index in [1.807, 2.05) is 30.3 Å². The summed E-state index contributed by atoms with van der Waals surface area (Å²) in [5.74, 6) is -1.31. The van der Waals surface area contributed by atoms with E-state index >= 15 is 0 Å². The molecular weight excluding hydrogens is 306 g/mol. The van der Waals surface area contributed by atoms with Crippen LogP contribution in [0.4, 0.5) is 4.79 Å². The molecule has 1 N–H and O–H groups in total. The summed E-state index contributed by atoms with van der Waals surface area (Å²) in [6.07, 6.45) is 2.99. The number of nitrogens with zero attached hydrogens (tertiary/aromatic N) is 1. The molecule has 128 valence electrons. The van der Waals surface area contributed by atoms with E-state index in [1.54, 1.807) is 6.08 Å². The van der Waals surface area contributed by atoms with Crippen molar-refractivity contribution in [2.24, 2.45) is 5.92 Å². The molecular formula is C19H23NO4. The van der Waals surface area contributed by atoms with Gasteiger partial charge in [-0.2, -0.15) is 0 Å². The van der Waals surface area contributed by atoms with E-state index in [-0.39, 0.29) is 12.6 Å². The van der Waals surface area contributed by atoms with Gasteiger partial charge in [0.2, 0.25) is 5.91 Å². The summed E-state index contributed by atoms with van der Waals surface area (Å²) in [7, 11) is 0. The Labute approximate surface area is 142 Å². The maximum Gasteiger partial charge on any atom is 0.417 e. The van der Waals surface area contributed by atoms with Crippen LogP contribution in [0.15, 0.2) is 55.6 Å². The largest absolute Gasteiger partial charge is 0.447 e. The summed E-state index contributed by atoms with van der Waals surface area (Å²) in [5, 5.41) is 10.2. The number of aliphatic hydroxyl groups is 1. The van der Waals surface area contributed by atoms with Crippen LogP contribution < -0.4 is 0 Å². The highest BCUT2D eigenvalue weighted by atomic mass is 16.6. The zero-order chi connectivity index (χ0) is 17.5. The molecule has 2 rings (SSSR count). The van der Waals surface area contributed by atoms with Gasteiger partial charge in [-0.05, 0) is 24.8 Å². The van der Waals surface area contributed by atoms with Crippen molar-refractivity contribution < 1.29 is 19.4 Å². The second-order valence-corrected chi connectivity index (χ2v) is 5.82. The third-order valence-corrected chi connectivity index (χ3v) is 4.13. The first-order chi connectivity index (χ1) is 11.6. The van der Waals surface area contributed by atoms with Crippen molar-refractivity contribution in [3.63, 3.8) is 0 Å². The molecule has 1 aromatic carbocycles. The molecule has 0 spiro atoms. The van der Waals surface area contributed by atoms with Crippen LogP contribution in [0.1, 0.15) is 18.4 Å². The summed E-state index contributed by atoms with van der Waals surface area (Å²) in [6.45, 7) is 7.39. The lowest BCUT2D eigenvalue weighted by atomic mass is 9.95. The average Bonchev–Trinajstić information content (AvgIpc) is 2.94. The topological polar surface area (TPSA) is 66.8 Å². The SMILES string of the molecule is C=CCC[C@@H](O)[C@H](C=C)C(=O)N1C(=O)OC[C@H]1Cc1ccccc1. The fourth-order valence-corrected chi connectivity index (χ4v) is 2.82. The van der Waals surface area contributed by atoms with Crippen LogP contribution in [0.3, 0.4) is 0 Å². The molecule has 0 aromatic heterocycles. The molecule has 0 bridgehead atoms. The molecule has 0 aliphatic carbocycles. The van der Waals surface area contributed by atoms with E-state index < -0.39 is 24.0 Å². The number of carbonyl (C=O) groups is 2. The van der Waals surface area contributed by atoms with Gasteiger partial charge in [0.05, 0.1) is 18.1 Å². The smallest absolute Gasteiger partial charge is 0.417 e. The third kappa shape index (κ3) is 4.11. The highest BCUT2D eigenvalue weighted by molar-refractivity contribution is 5.95. The third-order valence-electron chi connectivity index (χ3n) is 4.13. The van der Waals surface area contributed by atoms with Crippen molar-refractivity contribution in [3.8, 4) is 0 Å². The van der Waals surface area contributed by atoms with E-state index in [9.17, 15) is 14.7 Å². The number of cyclic esters (lactones) is 1. The van der Waals surface area contributed by atoms with Crippen LogP contribution in [0.2, 0.25) is 0 Å². The Hall–Kier alpha value is -2.40. The van der Waals surface area contributed by atoms with Gasteiger partial charge in [-0.15, -0.1) is 13.2 Å². The summed E-state index contributed by atoms with van der Waals surface area (Å²) in [4.78, 5) is 25.9. The lowest BCUT2D eigenvalue weighted by Gasteiger charge is -2.26. The summed E-state index contributed by atoms with van der Waals surface area (Å²) >= 11 is 0. The average molecular weight is 329 g/mol. The molecule has 1 saturated heterocycles. The van der Waals surface area contributed by atoms with Crippen molar-refractivity contribution in [2.45, 2.75) is 31.4 Å². The Morgan fingerprint density at radius 2 is 2.08 bits per heavy atom. The van der Waals surface area contributed by atoms with Crippen LogP contribution in [0, 0.1) is 5.92 Å². The highest BCUT2D eigenvalue weighted by Crippen LogP contribution is 2.23. The van der Waals surface area contributed by atoms with Gasteiger partial charge in [-0.3, -0.25) is 4.79 Å². The van der Waals surface area contributed by atoms with Crippen LogP contribution in [0.25, 0.3) is 0 Å². The fraction of sp³-hybridized carbons (Fsp3) is 0.368. The number of carbonyl (C=O) groups excluding carboxylic acids is 2. The van der Waals surface area contributed by atoms with E-state index in [0.717, 1.165) is 10.5 Å². The number of rotatable bonds is 8. The van der Waals surface area contributed by atoms with Crippen molar-refractivity contribution in [2.75, 3.05) is 6.61 Å². The molecule has 2 amide bonds. The second-order valence-electron chi connectivity index (χ2n) is 5.82. The van der Waals surface area contributed by atoms with Gasteiger partial charge in [-0.25, -0.2) is 9.69 Å². The number of allylic oxidation sites excluding steroid dienone is 1. The van der Waals surface area contributed by atoms with Gasteiger partial charge in [0, 0.05) is 0 Å². The molecule has 1 heterocycles. The standard InChI is InChI=1S/C19H23NO4/c1-3-5-11-17(21)16(4-2)18(22)20-15(13-24-19(20)23)12-14-9-7-6-8-10-14/h3-4,6-10,15-17,21H,1-2,5,11-13H2/t15-,16+,17-/m1/s1. The predicted octanol–water partition coefficient (Wildman–Crippen LogP) is 2.71. The molecule has 0 saturated carbocycles. The second kappa shape index (κ2) is 8.45. The van der Waals surface area contributed by atoms with E-state index in [0.29, 0.717) is 19.3 Å². The Bertz CT molecular complexity index is 599. The lowest BCUT2D eigenvalue weighted by molar-refractivity contribution is -0.135. The fourth-order valence-electron chi connectivity index (χ4n) is 2.82.